The van der Waals surface area contributed by atoms with E-state index in [-0.39, 0.29) is 18.3 Å². The normalized spacial score (nSPS) is 10.8. The Bertz CT molecular complexity index is 1180. The van der Waals surface area contributed by atoms with Gasteiger partial charge >= 0.3 is 0 Å². The number of thioether (sulfide) groups is 1. The van der Waals surface area contributed by atoms with Gasteiger partial charge in [0.2, 0.25) is 5.91 Å². The molecular weight excluding hydrogens is 500 g/mol. The molecule has 2 aromatic heterocycles. The molecule has 158 valence electrons. The van der Waals surface area contributed by atoms with Crippen LogP contribution >= 0.6 is 39.0 Å². The Kier molecular flexibility index (Phi) is 7.00. The van der Waals surface area contributed by atoms with Crippen molar-refractivity contribution in [3.63, 3.8) is 0 Å². The van der Waals surface area contributed by atoms with Crippen LogP contribution in [-0.4, -0.2) is 26.8 Å². The lowest BCUT2D eigenvalue weighted by Crippen LogP contribution is -2.13. The number of anilines is 1. The Labute approximate surface area is 195 Å². The highest BCUT2D eigenvalue weighted by molar-refractivity contribution is 9.10. The van der Waals surface area contributed by atoms with Crippen LogP contribution in [0.4, 0.5) is 5.13 Å². The van der Waals surface area contributed by atoms with Gasteiger partial charge in [-0.1, -0.05) is 58.0 Å². The molecule has 0 bridgehead atoms. The van der Waals surface area contributed by atoms with E-state index in [4.69, 9.17) is 9.15 Å². The first-order valence-electron chi connectivity index (χ1n) is 9.22. The lowest BCUT2D eigenvalue weighted by molar-refractivity contribution is -0.113. The van der Waals surface area contributed by atoms with Gasteiger partial charge in [0.05, 0.1) is 11.4 Å². The summed E-state index contributed by atoms with van der Waals surface area (Å²) in [5, 5.41) is 13.5. The number of ether oxygens (including phenoxy) is 1. The molecule has 0 fully saturated rings. The maximum atomic E-state index is 12.2. The fraction of sp³-hybridized carbons (Fsp3) is 0.143. The topological polar surface area (TPSA) is 90.1 Å². The molecule has 0 atom stereocenters. The highest BCUT2D eigenvalue weighted by atomic mass is 79.9. The molecule has 0 saturated heterocycles. The van der Waals surface area contributed by atoms with Crippen LogP contribution in [0.2, 0.25) is 0 Å². The van der Waals surface area contributed by atoms with Crippen molar-refractivity contribution < 1.29 is 13.9 Å². The number of rotatable bonds is 8. The maximum absolute atomic E-state index is 12.2. The van der Waals surface area contributed by atoms with E-state index in [1.165, 1.54) is 11.3 Å². The van der Waals surface area contributed by atoms with Gasteiger partial charge in [-0.2, -0.15) is 0 Å². The highest BCUT2D eigenvalue weighted by Crippen LogP contribution is 2.26. The third-order valence-corrected chi connectivity index (χ3v) is 6.22. The first-order valence-corrected chi connectivity index (χ1v) is 11.9. The second-order valence-corrected chi connectivity index (χ2v) is 9.10. The molecule has 31 heavy (non-hydrogen) atoms. The Balaban J connectivity index is 1.26. The van der Waals surface area contributed by atoms with E-state index in [0.29, 0.717) is 16.2 Å². The van der Waals surface area contributed by atoms with Gasteiger partial charge < -0.3 is 14.5 Å². The summed E-state index contributed by atoms with van der Waals surface area (Å²) >= 11 is 5.95. The van der Waals surface area contributed by atoms with Crippen LogP contribution in [0.3, 0.4) is 0 Å². The molecule has 2 aromatic carbocycles. The molecule has 10 heteroatoms. The average molecular weight is 517 g/mol. The van der Waals surface area contributed by atoms with Crippen molar-refractivity contribution in [2.45, 2.75) is 18.8 Å². The first kappa shape index (κ1) is 21.5. The predicted octanol–water partition coefficient (Wildman–Crippen LogP) is 5.57. The average Bonchev–Trinajstić information content (AvgIpc) is 3.42. The molecule has 0 radical (unpaired) electrons. The number of nitrogens with zero attached hydrogens (tertiary/aromatic N) is 3. The van der Waals surface area contributed by atoms with E-state index in [9.17, 15) is 4.79 Å². The number of para-hydroxylation sites is 1. The summed E-state index contributed by atoms with van der Waals surface area (Å²) in [6.07, 6.45) is 0. The van der Waals surface area contributed by atoms with Crippen molar-refractivity contribution in [3.05, 3.63) is 69.8 Å². The molecule has 2 heterocycles. The largest absolute Gasteiger partial charge is 0.484 e. The Morgan fingerprint density at radius 1 is 1.19 bits per heavy atom. The van der Waals surface area contributed by atoms with Crippen LogP contribution in [0.5, 0.6) is 5.75 Å². The number of hydrogen-bond acceptors (Lipinski definition) is 8. The summed E-state index contributed by atoms with van der Waals surface area (Å²) in [5.74, 6) is 1.05. The summed E-state index contributed by atoms with van der Waals surface area (Å²) in [5.41, 5.74) is 2.83. The van der Waals surface area contributed by atoms with Crippen LogP contribution in [0.1, 0.15) is 11.5 Å². The van der Waals surface area contributed by atoms with E-state index >= 15 is 0 Å². The maximum Gasteiger partial charge on any atom is 0.277 e. The summed E-state index contributed by atoms with van der Waals surface area (Å²) in [6.45, 7) is 2.13. The number of benzene rings is 2. The number of aryl methyl sites for hydroxylation is 1. The van der Waals surface area contributed by atoms with Crippen LogP contribution < -0.4 is 10.1 Å². The van der Waals surface area contributed by atoms with Crippen LogP contribution in [-0.2, 0) is 11.4 Å². The van der Waals surface area contributed by atoms with Crippen LogP contribution in [0.25, 0.3) is 11.3 Å². The first-order chi connectivity index (χ1) is 15.1. The molecule has 0 aliphatic rings. The number of hydrogen-bond donors (Lipinski definition) is 1. The van der Waals surface area contributed by atoms with Gasteiger partial charge in [0, 0.05) is 15.4 Å². The van der Waals surface area contributed by atoms with Gasteiger partial charge in [-0.3, -0.25) is 4.79 Å². The number of amides is 1. The SMILES string of the molecule is Cc1ccccc1OCc1nnc(SCC(=O)Nc2nc(-c3ccc(Br)cc3)cs2)o1. The number of carbonyl (C=O) groups is 1. The van der Waals surface area contributed by atoms with Gasteiger partial charge in [0.15, 0.2) is 11.7 Å². The minimum Gasteiger partial charge on any atom is -0.484 e. The van der Waals surface area contributed by atoms with E-state index < -0.39 is 0 Å². The molecule has 0 aliphatic carbocycles. The van der Waals surface area contributed by atoms with Crippen LogP contribution in [0.15, 0.2) is 68.0 Å². The van der Waals surface area contributed by atoms with Crippen molar-refractivity contribution in [1.82, 2.24) is 15.2 Å². The smallest absolute Gasteiger partial charge is 0.277 e. The molecule has 0 saturated carbocycles. The Morgan fingerprint density at radius 3 is 2.81 bits per heavy atom. The van der Waals surface area contributed by atoms with Gasteiger partial charge in [-0.05, 0) is 30.7 Å². The highest BCUT2D eigenvalue weighted by Gasteiger charge is 2.12. The summed E-state index contributed by atoms with van der Waals surface area (Å²) in [7, 11) is 0. The molecule has 0 unspecified atom stereocenters. The summed E-state index contributed by atoms with van der Waals surface area (Å²) < 4.78 is 12.2. The molecule has 0 aliphatic heterocycles. The van der Waals surface area contributed by atoms with E-state index in [2.05, 4.69) is 36.4 Å². The number of carbonyl (C=O) groups excluding carboxylic acids is 1. The van der Waals surface area contributed by atoms with Crippen molar-refractivity contribution in [2.75, 3.05) is 11.1 Å². The third-order valence-electron chi connectivity index (χ3n) is 4.11. The van der Waals surface area contributed by atoms with Crippen molar-refractivity contribution in [2.24, 2.45) is 0 Å². The van der Waals surface area contributed by atoms with E-state index in [0.717, 1.165) is 38.8 Å². The standard InChI is InChI=1S/C21H17BrN4O3S2/c1-13-4-2-3-5-17(13)28-10-19-25-26-21(29-19)31-12-18(27)24-20-23-16(11-30-20)14-6-8-15(22)9-7-14/h2-9,11H,10,12H2,1H3,(H,23,24,27). The zero-order chi connectivity index (χ0) is 21.6. The molecule has 0 spiro atoms. The minimum atomic E-state index is -0.197. The molecular formula is C21H17BrN4O3S2. The van der Waals surface area contributed by atoms with Crippen molar-refractivity contribution in [1.29, 1.82) is 0 Å². The molecule has 1 amide bonds. The fourth-order valence-electron chi connectivity index (χ4n) is 2.58. The van der Waals surface area contributed by atoms with Gasteiger partial charge in [0.1, 0.15) is 5.75 Å². The van der Waals surface area contributed by atoms with E-state index in [1.54, 1.807) is 0 Å². The lowest BCUT2D eigenvalue weighted by atomic mass is 10.2. The molecule has 7 nitrogen and oxygen atoms in total. The van der Waals surface area contributed by atoms with Crippen LogP contribution in [0, 0.1) is 6.92 Å². The zero-order valence-electron chi connectivity index (χ0n) is 16.4. The van der Waals surface area contributed by atoms with Gasteiger partial charge in [0.25, 0.3) is 11.1 Å². The lowest BCUT2D eigenvalue weighted by Gasteiger charge is -2.05. The summed E-state index contributed by atoms with van der Waals surface area (Å²) in [6, 6.07) is 15.5. The van der Waals surface area contributed by atoms with Crippen molar-refractivity contribution in [3.8, 4) is 17.0 Å². The minimum absolute atomic E-state index is 0.132. The van der Waals surface area contributed by atoms with E-state index in [1.807, 2.05) is 60.8 Å². The Morgan fingerprint density at radius 2 is 2.00 bits per heavy atom. The predicted molar refractivity (Wildman–Crippen MR) is 124 cm³/mol. The quantitative estimate of drug-likeness (QED) is 0.306. The summed E-state index contributed by atoms with van der Waals surface area (Å²) in [4.78, 5) is 16.7. The third kappa shape index (κ3) is 5.93. The number of halogens is 1. The fourth-order valence-corrected chi connectivity index (χ4v) is 4.16. The number of thiazole rings is 1. The second-order valence-electron chi connectivity index (χ2n) is 6.40. The zero-order valence-corrected chi connectivity index (χ0v) is 19.6. The molecule has 4 aromatic rings. The second kappa shape index (κ2) is 10.1. The van der Waals surface area contributed by atoms with Gasteiger partial charge in [-0.25, -0.2) is 4.98 Å². The molecule has 1 N–H and O–H groups in total. The van der Waals surface area contributed by atoms with Gasteiger partial charge in [-0.15, -0.1) is 21.5 Å². The monoisotopic (exact) mass is 516 g/mol. The number of nitrogens with one attached hydrogen (secondary N) is 1. The Hall–Kier alpha value is -2.69. The molecule has 4 rings (SSSR count). The van der Waals surface area contributed by atoms with Crippen molar-refractivity contribution >= 4 is 50.1 Å². The number of aromatic nitrogens is 3.